The van der Waals surface area contributed by atoms with Crippen molar-refractivity contribution in [2.45, 2.75) is 18.7 Å². The molecule has 0 aliphatic heterocycles. The number of aromatic nitrogens is 2. The Kier molecular flexibility index (Phi) is 5.83. The number of carbonyl (C=O) groups is 1. The van der Waals surface area contributed by atoms with Crippen molar-refractivity contribution < 1.29 is 13.2 Å². The molecule has 2 heterocycles. The van der Waals surface area contributed by atoms with Gasteiger partial charge in [0.25, 0.3) is 0 Å². The molecule has 0 radical (unpaired) electrons. The largest absolute Gasteiger partial charge is 0.301 e. The zero-order chi connectivity index (χ0) is 19.4. The van der Waals surface area contributed by atoms with E-state index in [1.165, 1.54) is 21.7 Å². The number of nitrogens with zero attached hydrogens (tertiary/aromatic N) is 3. The maximum atomic E-state index is 13.3. The first-order valence-electron chi connectivity index (χ1n) is 8.41. The molecule has 9 heteroatoms. The fourth-order valence-electron chi connectivity index (χ4n) is 2.68. The molecule has 1 amide bonds. The van der Waals surface area contributed by atoms with E-state index in [9.17, 15) is 13.2 Å². The van der Waals surface area contributed by atoms with Crippen LogP contribution in [-0.4, -0.2) is 41.7 Å². The normalized spacial score (nSPS) is 12.0. The summed E-state index contributed by atoms with van der Waals surface area (Å²) < 4.78 is 27.8. The van der Waals surface area contributed by atoms with Crippen LogP contribution < -0.4 is 5.32 Å². The molecule has 0 saturated heterocycles. The molecule has 7 nitrogen and oxygen atoms in total. The maximum absolute atomic E-state index is 13.3. The molecule has 0 unspecified atom stereocenters. The van der Waals surface area contributed by atoms with Gasteiger partial charge in [0.05, 0.1) is 12.1 Å². The number of nitrogens with one attached hydrogen (secondary N) is 1. The molecule has 0 aliphatic carbocycles. The number of benzene rings is 1. The molecule has 3 rings (SSSR count). The molecule has 0 atom stereocenters. The van der Waals surface area contributed by atoms with Crippen molar-refractivity contribution in [3.63, 3.8) is 0 Å². The lowest BCUT2D eigenvalue weighted by Gasteiger charge is -2.23. The number of hydrogen-bond acceptors (Lipinski definition) is 6. The van der Waals surface area contributed by atoms with E-state index in [1.54, 1.807) is 29.9 Å². The van der Waals surface area contributed by atoms with Gasteiger partial charge in [0.1, 0.15) is 4.90 Å². The van der Waals surface area contributed by atoms with Gasteiger partial charge in [-0.15, -0.1) is 11.3 Å². The highest BCUT2D eigenvalue weighted by atomic mass is 32.2. The maximum Gasteiger partial charge on any atom is 0.245 e. The van der Waals surface area contributed by atoms with Crippen LogP contribution in [-0.2, 0) is 14.8 Å². The minimum Gasteiger partial charge on any atom is -0.301 e. The summed E-state index contributed by atoms with van der Waals surface area (Å²) in [5.74, 6) is -0.377. The Bertz CT molecular complexity index is 1030. The van der Waals surface area contributed by atoms with Crippen LogP contribution in [0.15, 0.2) is 53.0 Å². The lowest BCUT2D eigenvalue weighted by Crippen LogP contribution is -2.40. The standard InChI is InChI=1S/C18H20N4O3S2/c1-13(2)11-22(12-16(23)21-18-20-9-10-26-18)27(24,25)15-7-3-5-14-6-4-8-19-17(14)15/h3-10,13H,11-12H2,1-2H3,(H,20,21,23). The second-order valence-corrected chi connectivity index (χ2v) is 9.21. The number of hydrogen-bond donors (Lipinski definition) is 1. The smallest absolute Gasteiger partial charge is 0.245 e. The Morgan fingerprint density at radius 1 is 1.19 bits per heavy atom. The number of fused-ring (bicyclic) bond motifs is 1. The summed E-state index contributed by atoms with van der Waals surface area (Å²) in [6.07, 6.45) is 3.13. The molecule has 1 aromatic carbocycles. The van der Waals surface area contributed by atoms with Crippen LogP contribution >= 0.6 is 11.3 Å². The number of carbonyl (C=O) groups excluding carboxylic acids is 1. The van der Waals surface area contributed by atoms with E-state index in [0.29, 0.717) is 10.6 Å². The van der Waals surface area contributed by atoms with Crippen LogP contribution in [0, 0.1) is 5.92 Å². The highest BCUT2D eigenvalue weighted by Crippen LogP contribution is 2.24. The summed E-state index contributed by atoms with van der Waals surface area (Å²) in [7, 11) is -3.90. The fraction of sp³-hybridized carbons (Fsp3) is 0.278. The first-order chi connectivity index (χ1) is 12.9. The number of amides is 1. The Labute approximate surface area is 162 Å². The predicted molar refractivity (Wildman–Crippen MR) is 106 cm³/mol. The van der Waals surface area contributed by atoms with Gasteiger partial charge in [0.15, 0.2) is 5.13 Å². The van der Waals surface area contributed by atoms with E-state index in [0.717, 1.165) is 5.39 Å². The third-order valence-electron chi connectivity index (χ3n) is 3.78. The average molecular weight is 405 g/mol. The van der Waals surface area contributed by atoms with Gasteiger partial charge in [-0.3, -0.25) is 9.78 Å². The zero-order valence-electron chi connectivity index (χ0n) is 15.0. The minimum absolute atomic E-state index is 0.0513. The molecular weight excluding hydrogens is 384 g/mol. The van der Waals surface area contributed by atoms with Crippen LogP contribution in [0.25, 0.3) is 10.9 Å². The van der Waals surface area contributed by atoms with Gasteiger partial charge in [-0.1, -0.05) is 32.0 Å². The van der Waals surface area contributed by atoms with Crippen molar-refractivity contribution in [1.29, 1.82) is 0 Å². The van der Waals surface area contributed by atoms with Crippen molar-refractivity contribution in [2.24, 2.45) is 5.92 Å². The zero-order valence-corrected chi connectivity index (χ0v) is 16.6. The minimum atomic E-state index is -3.90. The average Bonchev–Trinajstić information content (AvgIpc) is 3.13. The summed E-state index contributed by atoms with van der Waals surface area (Å²) >= 11 is 1.28. The lowest BCUT2D eigenvalue weighted by atomic mass is 10.2. The third kappa shape index (κ3) is 4.49. The van der Waals surface area contributed by atoms with E-state index in [2.05, 4.69) is 15.3 Å². The number of anilines is 1. The van der Waals surface area contributed by atoms with Gasteiger partial charge >= 0.3 is 0 Å². The number of pyridine rings is 1. The number of sulfonamides is 1. The van der Waals surface area contributed by atoms with Crippen LogP contribution in [0.4, 0.5) is 5.13 Å². The topological polar surface area (TPSA) is 92.3 Å². The van der Waals surface area contributed by atoms with Gasteiger partial charge < -0.3 is 5.32 Å². The van der Waals surface area contributed by atoms with Crippen LogP contribution in [0.2, 0.25) is 0 Å². The van der Waals surface area contributed by atoms with E-state index in [1.807, 2.05) is 26.0 Å². The second kappa shape index (κ2) is 8.12. The van der Waals surface area contributed by atoms with Crippen molar-refractivity contribution in [3.8, 4) is 0 Å². The predicted octanol–water partition coefficient (Wildman–Crippen LogP) is 2.98. The van der Waals surface area contributed by atoms with Crippen molar-refractivity contribution in [2.75, 3.05) is 18.4 Å². The van der Waals surface area contributed by atoms with Gasteiger partial charge in [-0.2, -0.15) is 4.31 Å². The van der Waals surface area contributed by atoms with Crippen molar-refractivity contribution in [1.82, 2.24) is 14.3 Å². The summed E-state index contributed by atoms with van der Waals surface area (Å²) in [4.78, 5) is 20.7. The lowest BCUT2D eigenvalue weighted by molar-refractivity contribution is -0.116. The highest BCUT2D eigenvalue weighted by molar-refractivity contribution is 7.89. The molecule has 0 aliphatic rings. The molecule has 27 heavy (non-hydrogen) atoms. The van der Waals surface area contributed by atoms with Crippen molar-refractivity contribution >= 4 is 43.3 Å². The highest BCUT2D eigenvalue weighted by Gasteiger charge is 2.29. The molecule has 1 N–H and O–H groups in total. The molecule has 142 valence electrons. The number of rotatable bonds is 7. The molecular formula is C18H20N4O3S2. The van der Waals surface area contributed by atoms with E-state index < -0.39 is 15.9 Å². The summed E-state index contributed by atoms with van der Waals surface area (Å²) in [5, 5.41) is 5.54. The fourth-order valence-corrected chi connectivity index (χ4v) is 4.95. The van der Waals surface area contributed by atoms with Crippen molar-refractivity contribution in [3.05, 3.63) is 48.1 Å². The summed E-state index contributed by atoms with van der Waals surface area (Å²) in [5.41, 5.74) is 0.397. The third-order valence-corrected chi connectivity index (χ3v) is 6.31. The summed E-state index contributed by atoms with van der Waals surface area (Å²) in [6, 6.07) is 8.58. The van der Waals surface area contributed by atoms with Crippen LogP contribution in [0.5, 0.6) is 0 Å². The van der Waals surface area contributed by atoms with E-state index in [4.69, 9.17) is 0 Å². The van der Waals surface area contributed by atoms with Gasteiger partial charge in [0.2, 0.25) is 15.9 Å². The summed E-state index contributed by atoms with van der Waals surface area (Å²) in [6.45, 7) is 3.74. The number of para-hydroxylation sites is 1. The van der Waals surface area contributed by atoms with E-state index in [-0.39, 0.29) is 23.9 Å². The molecule has 0 fully saturated rings. The Morgan fingerprint density at radius 3 is 2.67 bits per heavy atom. The first kappa shape index (κ1) is 19.4. The Hall–Kier alpha value is -2.36. The van der Waals surface area contributed by atoms with Gasteiger partial charge in [-0.05, 0) is 18.1 Å². The molecule has 0 spiro atoms. The quantitative estimate of drug-likeness (QED) is 0.654. The Morgan fingerprint density at radius 2 is 1.96 bits per heavy atom. The molecule has 2 aromatic heterocycles. The second-order valence-electron chi connectivity index (χ2n) is 6.41. The van der Waals surface area contributed by atoms with Crippen LogP contribution in [0.1, 0.15) is 13.8 Å². The Balaban J connectivity index is 1.94. The van der Waals surface area contributed by atoms with Crippen LogP contribution in [0.3, 0.4) is 0 Å². The van der Waals surface area contributed by atoms with Gasteiger partial charge in [0, 0.05) is 29.7 Å². The number of thiazole rings is 1. The molecule has 3 aromatic rings. The SMILES string of the molecule is CC(C)CN(CC(=O)Nc1nccs1)S(=O)(=O)c1cccc2cccnc12. The molecule has 0 saturated carbocycles. The monoisotopic (exact) mass is 404 g/mol. The first-order valence-corrected chi connectivity index (χ1v) is 10.7. The van der Waals surface area contributed by atoms with Gasteiger partial charge in [-0.25, -0.2) is 13.4 Å². The van der Waals surface area contributed by atoms with E-state index >= 15 is 0 Å². The molecule has 0 bridgehead atoms.